The van der Waals surface area contributed by atoms with Gasteiger partial charge in [0.2, 0.25) is 0 Å². The number of cyclic esters (lactones) is 1. The summed E-state index contributed by atoms with van der Waals surface area (Å²) in [5.74, 6) is -0.0417. The molecule has 4 aliphatic carbocycles. The molecule has 0 spiro atoms. The van der Waals surface area contributed by atoms with Gasteiger partial charge in [-0.3, -0.25) is 4.79 Å². The first-order valence-corrected chi connectivity index (χ1v) is 18.2. The van der Waals surface area contributed by atoms with Crippen molar-refractivity contribution < 1.29 is 63.5 Å². The molecule has 0 amide bonds. The zero-order valence-electron chi connectivity index (χ0n) is 28.9. The number of aliphatic hydroxyl groups excluding tert-OH is 4. The molecule has 0 aromatic rings. The molecule has 0 bridgehead atoms. The molecule has 49 heavy (non-hydrogen) atoms. The normalized spacial score (nSPS) is 53.0. The van der Waals surface area contributed by atoms with Crippen LogP contribution in [0, 0.1) is 34.5 Å². The number of aliphatic hydroxyl groups is 5. The topological polar surface area (TPSA) is 191 Å². The lowest BCUT2D eigenvalue weighted by atomic mass is 9.43. The minimum absolute atomic E-state index is 0.0508. The average molecular weight is 695 g/mol. The Bertz CT molecular complexity index is 1310. The van der Waals surface area contributed by atoms with E-state index in [4.69, 9.17) is 28.4 Å². The van der Waals surface area contributed by atoms with E-state index < -0.39 is 73.3 Å². The Labute approximate surface area is 287 Å². The van der Waals surface area contributed by atoms with Gasteiger partial charge >= 0.3 is 5.97 Å². The molecule has 7 aliphatic rings. The molecular weight excluding hydrogens is 640 g/mol. The minimum atomic E-state index is -1.79. The molecule has 0 aromatic heterocycles. The molecule has 13 nitrogen and oxygen atoms in total. The lowest BCUT2D eigenvalue weighted by Gasteiger charge is -2.64. The lowest BCUT2D eigenvalue weighted by Crippen LogP contribution is -2.64. The Morgan fingerprint density at radius 2 is 1.67 bits per heavy atom. The maximum Gasteiger partial charge on any atom is 0.331 e. The van der Waals surface area contributed by atoms with Crippen LogP contribution in [0.25, 0.3) is 0 Å². The van der Waals surface area contributed by atoms with Crippen molar-refractivity contribution in [1.29, 1.82) is 0 Å². The summed E-state index contributed by atoms with van der Waals surface area (Å²) in [6, 6.07) is 0. The van der Waals surface area contributed by atoms with Gasteiger partial charge in [-0.1, -0.05) is 13.8 Å². The minimum Gasteiger partial charge on any atom is -0.458 e. The smallest absolute Gasteiger partial charge is 0.331 e. The highest BCUT2D eigenvalue weighted by atomic mass is 16.7. The van der Waals surface area contributed by atoms with E-state index >= 15 is 0 Å². The van der Waals surface area contributed by atoms with E-state index in [1.165, 1.54) is 7.11 Å². The van der Waals surface area contributed by atoms with Crippen molar-refractivity contribution >= 4 is 11.8 Å². The van der Waals surface area contributed by atoms with Crippen LogP contribution in [0.1, 0.15) is 78.6 Å². The predicted molar refractivity (Wildman–Crippen MR) is 169 cm³/mol. The number of ketones is 1. The van der Waals surface area contributed by atoms with Gasteiger partial charge in [0.05, 0.1) is 24.4 Å². The number of hydrogen-bond acceptors (Lipinski definition) is 13. The van der Waals surface area contributed by atoms with E-state index in [9.17, 15) is 35.1 Å². The number of methoxy groups -OCH3 is 1. The summed E-state index contributed by atoms with van der Waals surface area (Å²) >= 11 is 0. The molecule has 4 saturated carbocycles. The average Bonchev–Trinajstić information content (AvgIpc) is 3.62. The zero-order chi connectivity index (χ0) is 35.0. The maximum absolute atomic E-state index is 12.5. The molecule has 3 heterocycles. The third-order valence-electron chi connectivity index (χ3n) is 14.3. The zero-order valence-corrected chi connectivity index (χ0v) is 28.9. The maximum atomic E-state index is 12.5. The monoisotopic (exact) mass is 694 g/mol. The van der Waals surface area contributed by atoms with Crippen molar-refractivity contribution in [3.63, 3.8) is 0 Å². The van der Waals surface area contributed by atoms with Crippen molar-refractivity contribution in [2.45, 2.75) is 146 Å². The van der Waals surface area contributed by atoms with Crippen LogP contribution in [0.5, 0.6) is 0 Å². The largest absolute Gasteiger partial charge is 0.458 e. The fourth-order valence-corrected chi connectivity index (χ4v) is 11.5. The number of hydrogen-bond donors (Lipinski definition) is 5. The quantitative estimate of drug-likeness (QED) is 0.189. The van der Waals surface area contributed by atoms with Gasteiger partial charge < -0.3 is 54.0 Å². The molecule has 6 fully saturated rings. The summed E-state index contributed by atoms with van der Waals surface area (Å²) < 4.78 is 34.9. The van der Waals surface area contributed by atoms with Crippen molar-refractivity contribution in [2.24, 2.45) is 34.5 Å². The first-order valence-electron chi connectivity index (χ1n) is 18.2. The third kappa shape index (κ3) is 5.66. The van der Waals surface area contributed by atoms with Gasteiger partial charge in [0, 0.05) is 18.6 Å². The fraction of sp³-hybridized carbons (Fsp3) is 0.889. The van der Waals surface area contributed by atoms with Gasteiger partial charge in [-0.25, -0.2) is 4.79 Å². The number of carbonyl (C=O) groups is 2. The molecule has 17 unspecified atom stereocenters. The van der Waals surface area contributed by atoms with E-state index in [-0.39, 0.29) is 34.7 Å². The molecule has 7 rings (SSSR count). The molecule has 17 atom stereocenters. The SMILES string of the molecule is COC1C(O)C(OC2CCC3(C)C(CCC4C3CCC3(C)C(C5=CC(=O)OC5)CCC43O)C2)OC(C)C1OC1OC(CO)C(O)C(=O)C1O. The molecular formula is C36H54O13. The molecule has 276 valence electrons. The van der Waals surface area contributed by atoms with Crippen LogP contribution in [0.2, 0.25) is 0 Å². The standard InChI is InChI=1S/C36H54O13/c1-17-30(49-32-28(41)27(40)26(39)24(15-37)48-32)31(44-4)29(42)33(46-17)47-20-7-10-34(2)19(14-20)5-6-23-22(34)8-11-35(3)21(9-12-36(23,35)43)18-13-25(38)45-16-18/h13,17,19-24,26,28-33,37,39,41-43H,5-12,14-16H2,1-4H3. The molecule has 2 saturated heterocycles. The van der Waals surface area contributed by atoms with Crippen molar-refractivity contribution in [3.05, 3.63) is 11.6 Å². The third-order valence-corrected chi connectivity index (χ3v) is 14.3. The van der Waals surface area contributed by atoms with E-state index in [1.807, 2.05) is 0 Å². The van der Waals surface area contributed by atoms with Gasteiger partial charge in [-0.15, -0.1) is 0 Å². The van der Waals surface area contributed by atoms with Gasteiger partial charge in [0.1, 0.15) is 37.1 Å². The van der Waals surface area contributed by atoms with Gasteiger partial charge in [0.25, 0.3) is 0 Å². The number of ether oxygens (including phenoxy) is 6. The van der Waals surface area contributed by atoms with E-state index in [2.05, 4.69) is 13.8 Å². The van der Waals surface area contributed by atoms with Crippen LogP contribution in [-0.2, 0) is 38.0 Å². The second-order valence-electron chi connectivity index (χ2n) is 16.3. The number of fused-ring (bicyclic) bond motifs is 5. The Balaban J connectivity index is 0.992. The first kappa shape index (κ1) is 35.9. The molecule has 0 aromatic carbocycles. The summed E-state index contributed by atoms with van der Waals surface area (Å²) in [6.07, 6.45) is -1.50. The number of carbonyl (C=O) groups excluding carboxylic acids is 2. The summed E-state index contributed by atoms with van der Waals surface area (Å²) in [7, 11) is 1.42. The summed E-state index contributed by atoms with van der Waals surface area (Å²) in [4.78, 5) is 24.2. The van der Waals surface area contributed by atoms with E-state index in [0.29, 0.717) is 18.4 Å². The number of Topliss-reactive ketones (excluding diaryl/α,β-unsaturated/α-hetero) is 1. The van der Waals surface area contributed by atoms with Gasteiger partial charge in [-0.2, -0.15) is 0 Å². The van der Waals surface area contributed by atoms with Crippen molar-refractivity contribution in [2.75, 3.05) is 20.3 Å². The summed E-state index contributed by atoms with van der Waals surface area (Å²) in [5.41, 5.74) is 0.0404. The van der Waals surface area contributed by atoms with Crippen LogP contribution < -0.4 is 0 Å². The van der Waals surface area contributed by atoms with Crippen LogP contribution >= 0.6 is 0 Å². The second kappa shape index (κ2) is 13.2. The van der Waals surface area contributed by atoms with E-state index in [1.54, 1.807) is 13.0 Å². The second-order valence-corrected chi connectivity index (χ2v) is 16.3. The van der Waals surface area contributed by atoms with Gasteiger partial charge in [-0.05, 0) is 99.4 Å². The summed E-state index contributed by atoms with van der Waals surface area (Å²) in [5, 5.41) is 53.8. The van der Waals surface area contributed by atoms with Crippen LogP contribution in [0.3, 0.4) is 0 Å². The predicted octanol–water partition coefficient (Wildman–Crippen LogP) is 1.14. The lowest BCUT2D eigenvalue weighted by molar-refractivity contribution is -0.347. The highest BCUT2D eigenvalue weighted by Gasteiger charge is 2.68. The fourth-order valence-electron chi connectivity index (χ4n) is 11.5. The molecule has 13 heteroatoms. The van der Waals surface area contributed by atoms with Crippen LogP contribution in [0.15, 0.2) is 11.6 Å². The molecule has 5 N–H and O–H groups in total. The van der Waals surface area contributed by atoms with Crippen LogP contribution in [0.4, 0.5) is 0 Å². The Morgan fingerprint density at radius 1 is 0.898 bits per heavy atom. The van der Waals surface area contributed by atoms with Gasteiger partial charge in [0.15, 0.2) is 24.5 Å². The highest BCUT2D eigenvalue weighted by Crippen LogP contribution is 2.70. The molecule has 0 radical (unpaired) electrons. The first-order chi connectivity index (χ1) is 23.3. The van der Waals surface area contributed by atoms with Crippen molar-refractivity contribution in [1.82, 2.24) is 0 Å². The van der Waals surface area contributed by atoms with Crippen LogP contribution in [-0.4, -0.2) is 125 Å². The Morgan fingerprint density at radius 3 is 2.37 bits per heavy atom. The summed E-state index contributed by atoms with van der Waals surface area (Å²) in [6.45, 7) is 6.05. The Kier molecular flexibility index (Phi) is 9.63. The molecule has 3 aliphatic heterocycles. The Hall–Kier alpha value is -1.52. The highest BCUT2D eigenvalue weighted by molar-refractivity contribution is 5.88. The number of rotatable bonds is 7. The number of esters is 1. The van der Waals surface area contributed by atoms with Crippen molar-refractivity contribution in [3.8, 4) is 0 Å². The van der Waals surface area contributed by atoms with E-state index in [0.717, 1.165) is 63.4 Å².